The minimum absolute atomic E-state index is 0.170. The molecule has 106 valence electrons. The Morgan fingerprint density at radius 3 is 2.95 bits per heavy atom. The number of carbonyl (C=O) groups excluding carboxylic acids is 3. The number of rotatable bonds is 2. The molecule has 8 nitrogen and oxygen atoms in total. The van der Waals surface area contributed by atoms with E-state index >= 15 is 0 Å². The van der Waals surface area contributed by atoms with Crippen LogP contribution >= 0.6 is 15.9 Å². The van der Waals surface area contributed by atoms with Crippen molar-refractivity contribution in [3.63, 3.8) is 0 Å². The second kappa shape index (κ2) is 5.55. The molecule has 2 rings (SSSR count). The van der Waals surface area contributed by atoms with Crippen LogP contribution in [-0.4, -0.2) is 40.2 Å². The molecule has 4 N–H and O–H groups in total. The average Bonchev–Trinajstić information content (AvgIpc) is 2.42. The first-order valence-electron chi connectivity index (χ1n) is 5.71. The number of hydrazine groups is 1. The fraction of sp³-hybridized carbons (Fsp3) is 0.273. The molecule has 1 aromatic rings. The number of nitrogen functional groups attached to an aromatic ring is 1. The van der Waals surface area contributed by atoms with Crippen LogP contribution in [0.25, 0.3) is 0 Å². The molecule has 0 radical (unpaired) electrons. The SMILES string of the molecule is CC1C(=O)NC(=O)CN1C(=O)c1cc(Br)cnc1NN. The lowest BCUT2D eigenvalue weighted by Gasteiger charge is -2.31. The summed E-state index contributed by atoms with van der Waals surface area (Å²) < 4.78 is 0.584. The Labute approximate surface area is 122 Å². The first kappa shape index (κ1) is 14.4. The number of piperazine rings is 1. The quantitative estimate of drug-likeness (QED) is 0.383. The van der Waals surface area contributed by atoms with Gasteiger partial charge in [0.05, 0.1) is 5.56 Å². The van der Waals surface area contributed by atoms with Gasteiger partial charge in [0, 0.05) is 10.7 Å². The first-order valence-corrected chi connectivity index (χ1v) is 6.50. The van der Waals surface area contributed by atoms with E-state index in [0.717, 1.165) is 0 Å². The van der Waals surface area contributed by atoms with Crippen molar-refractivity contribution in [1.29, 1.82) is 0 Å². The smallest absolute Gasteiger partial charge is 0.258 e. The molecule has 2 heterocycles. The summed E-state index contributed by atoms with van der Waals surface area (Å²) >= 11 is 3.21. The van der Waals surface area contributed by atoms with E-state index in [1.807, 2.05) is 0 Å². The molecular weight excluding hydrogens is 330 g/mol. The van der Waals surface area contributed by atoms with Gasteiger partial charge in [-0.25, -0.2) is 10.8 Å². The van der Waals surface area contributed by atoms with Crippen molar-refractivity contribution in [2.24, 2.45) is 5.84 Å². The maximum Gasteiger partial charge on any atom is 0.258 e. The summed E-state index contributed by atoms with van der Waals surface area (Å²) in [5.74, 6) is 3.95. The van der Waals surface area contributed by atoms with Crippen LogP contribution in [0.15, 0.2) is 16.7 Å². The predicted molar refractivity (Wildman–Crippen MR) is 73.4 cm³/mol. The van der Waals surface area contributed by atoms with Crippen LogP contribution in [0.3, 0.4) is 0 Å². The molecule has 0 saturated carbocycles. The number of nitrogens with two attached hydrogens (primary N) is 1. The number of anilines is 1. The zero-order valence-corrected chi connectivity index (χ0v) is 12.1. The summed E-state index contributed by atoms with van der Waals surface area (Å²) in [6.45, 7) is 1.35. The number of nitrogens with one attached hydrogen (secondary N) is 2. The predicted octanol–water partition coefficient (Wildman–Crippen LogP) is -0.383. The molecule has 1 aromatic heterocycles. The fourth-order valence-corrected chi connectivity index (χ4v) is 2.17. The van der Waals surface area contributed by atoms with Crippen LogP contribution < -0.4 is 16.6 Å². The molecule has 1 atom stereocenters. The number of hydrogen-bond donors (Lipinski definition) is 3. The normalized spacial score (nSPS) is 18.8. The Hall–Kier alpha value is -2.00. The van der Waals surface area contributed by atoms with Crippen molar-refractivity contribution in [2.75, 3.05) is 12.0 Å². The van der Waals surface area contributed by atoms with Gasteiger partial charge in [-0.05, 0) is 28.9 Å². The van der Waals surface area contributed by atoms with E-state index in [1.165, 1.54) is 17.2 Å². The van der Waals surface area contributed by atoms with Crippen molar-refractivity contribution >= 4 is 39.5 Å². The van der Waals surface area contributed by atoms with Crippen LogP contribution in [-0.2, 0) is 9.59 Å². The minimum Gasteiger partial charge on any atom is -0.317 e. The van der Waals surface area contributed by atoms with Gasteiger partial charge in [-0.2, -0.15) is 0 Å². The van der Waals surface area contributed by atoms with Crippen LogP contribution in [0, 0.1) is 0 Å². The molecule has 1 saturated heterocycles. The van der Waals surface area contributed by atoms with Crippen LogP contribution in [0.2, 0.25) is 0 Å². The molecule has 1 unspecified atom stereocenters. The second-order valence-corrected chi connectivity index (χ2v) is 5.13. The molecular formula is C11H12BrN5O3. The van der Waals surface area contributed by atoms with Crippen molar-refractivity contribution in [2.45, 2.75) is 13.0 Å². The van der Waals surface area contributed by atoms with Crippen molar-refractivity contribution in [3.05, 3.63) is 22.3 Å². The van der Waals surface area contributed by atoms with Gasteiger partial charge in [-0.3, -0.25) is 19.7 Å². The molecule has 0 spiro atoms. The number of halogens is 1. The van der Waals surface area contributed by atoms with E-state index in [-0.39, 0.29) is 17.9 Å². The Morgan fingerprint density at radius 1 is 1.60 bits per heavy atom. The molecule has 1 aliphatic rings. The Morgan fingerprint density at radius 2 is 2.30 bits per heavy atom. The van der Waals surface area contributed by atoms with Crippen LogP contribution in [0.4, 0.5) is 5.82 Å². The summed E-state index contributed by atoms with van der Waals surface area (Å²) in [6.07, 6.45) is 1.48. The number of amides is 3. The fourth-order valence-electron chi connectivity index (χ4n) is 1.83. The minimum atomic E-state index is -0.746. The number of nitrogens with zero attached hydrogens (tertiary/aromatic N) is 2. The van der Waals surface area contributed by atoms with Gasteiger partial charge in [-0.15, -0.1) is 0 Å². The van der Waals surface area contributed by atoms with Crippen LogP contribution in [0.1, 0.15) is 17.3 Å². The number of pyridine rings is 1. The summed E-state index contributed by atoms with van der Waals surface area (Å²) in [6, 6.07) is 0.777. The summed E-state index contributed by atoms with van der Waals surface area (Å²) in [7, 11) is 0. The second-order valence-electron chi connectivity index (χ2n) is 4.22. The maximum atomic E-state index is 12.5. The van der Waals surface area contributed by atoms with E-state index in [1.54, 1.807) is 6.92 Å². The van der Waals surface area contributed by atoms with Crippen molar-refractivity contribution < 1.29 is 14.4 Å². The summed E-state index contributed by atoms with van der Waals surface area (Å²) in [5.41, 5.74) is 2.49. The van der Waals surface area contributed by atoms with Crippen LogP contribution in [0.5, 0.6) is 0 Å². The molecule has 0 bridgehead atoms. The number of imide groups is 1. The standard InChI is InChI=1S/C11H12BrN5O3/c1-5-10(19)15-8(18)4-17(5)11(20)7-2-6(12)3-14-9(7)16-13/h2-3,5H,4,13H2,1H3,(H,14,16)(H,15,18,19). The third-order valence-electron chi connectivity index (χ3n) is 2.91. The third kappa shape index (κ3) is 2.63. The number of hydrogen-bond acceptors (Lipinski definition) is 6. The zero-order chi connectivity index (χ0) is 14.9. The van der Waals surface area contributed by atoms with Gasteiger partial charge in [0.1, 0.15) is 12.6 Å². The maximum absolute atomic E-state index is 12.5. The lowest BCUT2D eigenvalue weighted by atomic mass is 10.1. The summed E-state index contributed by atoms with van der Waals surface area (Å²) in [4.78, 5) is 40.6. The van der Waals surface area contributed by atoms with E-state index < -0.39 is 23.8 Å². The summed E-state index contributed by atoms with van der Waals surface area (Å²) in [5, 5.41) is 2.17. The number of aromatic nitrogens is 1. The van der Waals surface area contributed by atoms with Gasteiger partial charge in [0.15, 0.2) is 5.82 Å². The molecule has 9 heteroatoms. The molecule has 3 amide bonds. The highest BCUT2D eigenvalue weighted by molar-refractivity contribution is 9.10. The molecule has 1 aliphatic heterocycles. The third-order valence-corrected chi connectivity index (χ3v) is 3.34. The molecule has 0 aromatic carbocycles. The van der Waals surface area contributed by atoms with E-state index in [9.17, 15) is 14.4 Å². The van der Waals surface area contributed by atoms with E-state index in [4.69, 9.17) is 5.84 Å². The van der Waals surface area contributed by atoms with E-state index in [0.29, 0.717) is 4.47 Å². The monoisotopic (exact) mass is 341 g/mol. The Bertz CT molecular complexity index is 591. The lowest BCUT2D eigenvalue weighted by Crippen LogP contribution is -2.58. The van der Waals surface area contributed by atoms with Gasteiger partial charge in [0.25, 0.3) is 5.91 Å². The van der Waals surface area contributed by atoms with Crippen molar-refractivity contribution in [3.8, 4) is 0 Å². The average molecular weight is 342 g/mol. The molecule has 1 fully saturated rings. The number of carbonyl (C=O) groups is 3. The van der Waals surface area contributed by atoms with Gasteiger partial charge in [-0.1, -0.05) is 0 Å². The molecule has 0 aliphatic carbocycles. The first-order chi connectivity index (χ1) is 9.43. The lowest BCUT2D eigenvalue weighted by molar-refractivity contribution is -0.138. The van der Waals surface area contributed by atoms with Gasteiger partial charge in [0.2, 0.25) is 11.8 Å². The van der Waals surface area contributed by atoms with Gasteiger partial charge >= 0.3 is 0 Å². The zero-order valence-electron chi connectivity index (χ0n) is 10.5. The largest absolute Gasteiger partial charge is 0.317 e. The highest BCUT2D eigenvalue weighted by atomic mass is 79.9. The highest BCUT2D eigenvalue weighted by Crippen LogP contribution is 2.20. The van der Waals surface area contributed by atoms with Crippen molar-refractivity contribution in [1.82, 2.24) is 15.2 Å². The Kier molecular flexibility index (Phi) is 4.00. The van der Waals surface area contributed by atoms with E-state index in [2.05, 4.69) is 31.7 Å². The topological polar surface area (TPSA) is 117 Å². The van der Waals surface area contributed by atoms with Gasteiger partial charge < -0.3 is 10.3 Å². The Balaban J connectivity index is 2.37. The molecule has 20 heavy (non-hydrogen) atoms. The highest BCUT2D eigenvalue weighted by Gasteiger charge is 2.35.